The van der Waals surface area contributed by atoms with Crippen molar-refractivity contribution in [2.45, 2.75) is 32.6 Å². The standard InChI is InChI=1S/C24H26N6/c1-3-10-28-21(8-1)15-25-13-19-6-5-7-20(24(19)12-23-17-27-18-30-23)14-26-16-22-9-2-4-11-29-22/h1-11,17-18,25-26H,12-16H2,(H,27,30). The molecule has 30 heavy (non-hydrogen) atoms. The van der Waals surface area contributed by atoms with Gasteiger partial charge in [-0.05, 0) is 41.0 Å². The van der Waals surface area contributed by atoms with E-state index in [1.54, 1.807) is 6.33 Å². The molecule has 3 heterocycles. The van der Waals surface area contributed by atoms with Gasteiger partial charge in [0.25, 0.3) is 0 Å². The van der Waals surface area contributed by atoms with Crippen molar-refractivity contribution in [3.63, 3.8) is 0 Å². The first-order valence-corrected chi connectivity index (χ1v) is 10.2. The normalized spacial score (nSPS) is 10.9. The molecule has 0 saturated heterocycles. The number of benzene rings is 1. The van der Waals surface area contributed by atoms with E-state index in [1.165, 1.54) is 16.7 Å². The summed E-state index contributed by atoms with van der Waals surface area (Å²) in [7, 11) is 0. The molecule has 152 valence electrons. The van der Waals surface area contributed by atoms with Gasteiger partial charge in [0.05, 0.1) is 23.4 Å². The van der Waals surface area contributed by atoms with Crippen LogP contribution in [0.2, 0.25) is 0 Å². The van der Waals surface area contributed by atoms with Gasteiger partial charge in [-0.1, -0.05) is 30.3 Å². The van der Waals surface area contributed by atoms with Crippen LogP contribution in [0.15, 0.2) is 79.5 Å². The molecule has 0 radical (unpaired) electrons. The number of pyridine rings is 2. The summed E-state index contributed by atoms with van der Waals surface area (Å²) in [6.07, 6.45) is 8.15. The quantitative estimate of drug-likeness (QED) is 0.382. The Hall–Kier alpha value is -3.35. The Labute approximate surface area is 176 Å². The fourth-order valence-electron chi connectivity index (χ4n) is 3.47. The van der Waals surface area contributed by atoms with Crippen LogP contribution < -0.4 is 10.6 Å². The number of nitrogens with zero attached hydrogens (tertiary/aromatic N) is 3. The molecular weight excluding hydrogens is 372 g/mol. The lowest BCUT2D eigenvalue weighted by atomic mass is 9.96. The topological polar surface area (TPSA) is 78.5 Å². The van der Waals surface area contributed by atoms with Gasteiger partial charge in [-0.25, -0.2) is 4.98 Å². The molecule has 0 spiro atoms. The van der Waals surface area contributed by atoms with Crippen LogP contribution in [-0.2, 0) is 32.6 Å². The molecule has 0 aliphatic carbocycles. The van der Waals surface area contributed by atoms with Crippen molar-refractivity contribution in [1.29, 1.82) is 0 Å². The Kier molecular flexibility index (Phi) is 6.94. The molecule has 0 aliphatic heterocycles. The van der Waals surface area contributed by atoms with E-state index in [2.05, 4.69) is 48.8 Å². The molecule has 3 N–H and O–H groups in total. The summed E-state index contributed by atoms with van der Waals surface area (Å²) in [4.78, 5) is 16.3. The van der Waals surface area contributed by atoms with Gasteiger partial charge in [-0.15, -0.1) is 0 Å². The minimum absolute atomic E-state index is 0.741. The number of hydrogen-bond acceptors (Lipinski definition) is 5. The van der Waals surface area contributed by atoms with Crippen LogP contribution in [0.1, 0.15) is 33.8 Å². The van der Waals surface area contributed by atoms with E-state index in [1.807, 2.05) is 55.0 Å². The van der Waals surface area contributed by atoms with E-state index in [0.29, 0.717) is 0 Å². The summed E-state index contributed by atoms with van der Waals surface area (Å²) >= 11 is 0. The lowest BCUT2D eigenvalue weighted by molar-refractivity contribution is 0.660. The first-order chi connectivity index (χ1) is 14.9. The summed E-state index contributed by atoms with van der Waals surface area (Å²) < 4.78 is 0. The Bertz CT molecular complexity index is 953. The molecule has 0 fully saturated rings. The molecule has 6 nitrogen and oxygen atoms in total. The van der Waals surface area contributed by atoms with Gasteiger partial charge in [0.1, 0.15) is 0 Å². The van der Waals surface area contributed by atoms with Crippen molar-refractivity contribution in [2.24, 2.45) is 0 Å². The maximum atomic E-state index is 4.43. The summed E-state index contributed by atoms with van der Waals surface area (Å²) in [5, 5.41) is 7.05. The Balaban J connectivity index is 1.46. The molecule has 3 aromatic heterocycles. The Morgan fingerprint density at radius 1 is 0.633 bits per heavy atom. The van der Waals surface area contributed by atoms with Crippen LogP contribution in [0.3, 0.4) is 0 Å². The van der Waals surface area contributed by atoms with Gasteiger partial charge >= 0.3 is 0 Å². The van der Waals surface area contributed by atoms with Crippen molar-refractivity contribution >= 4 is 0 Å². The maximum absolute atomic E-state index is 4.43. The third-order valence-corrected chi connectivity index (χ3v) is 4.98. The zero-order valence-corrected chi connectivity index (χ0v) is 16.9. The Morgan fingerprint density at radius 3 is 1.77 bits per heavy atom. The van der Waals surface area contributed by atoms with E-state index in [9.17, 15) is 0 Å². The zero-order chi connectivity index (χ0) is 20.4. The first-order valence-electron chi connectivity index (χ1n) is 10.2. The van der Waals surface area contributed by atoms with E-state index in [0.717, 1.165) is 49.7 Å². The number of imidazole rings is 1. The monoisotopic (exact) mass is 398 g/mol. The third kappa shape index (κ3) is 5.59. The van der Waals surface area contributed by atoms with Crippen LogP contribution in [-0.4, -0.2) is 19.9 Å². The van der Waals surface area contributed by atoms with Crippen molar-refractivity contribution < 1.29 is 0 Å². The van der Waals surface area contributed by atoms with Crippen molar-refractivity contribution in [3.8, 4) is 0 Å². The van der Waals surface area contributed by atoms with Gasteiger partial charge in [0, 0.05) is 51.2 Å². The van der Waals surface area contributed by atoms with Crippen LogP contribution in [0.25, 0.3) is 0 Å². The number of rotatable bonds is 10. The summed E-state index contributed by atoms with van der Waals surface area (Å²) in [5.74, 6) is 0. The predicted octanol–water partition coefficient (Wildman–Crippen LogP) is 3.37. The van der Waals surface area contributed by atoms with Crippen molar-refractivity contribution in [1.82, 2.24) is 30.6 Å². The lowest BCUT2D eigenvalue weighted by Crippen LogP contribution is -2.18. The predicted molar refractivity (Wildman–Crippen MR) is 117 cm³/mol. The molecule has 0 saturated carbocycles. The fourth-order valence-corrected chi connectivity index (χ4v) is 3.47. The van der Waals surface area contributed by atoms with Crippen LogP contribution in [0.4, 0.5) is 0 Å². The molecule has 0 bridgehead atoms. The largest absolute Gasteiger partial charge is 0.351 e. The smallest absolute Gasteiger partial charge is 0.0923 e. The highest BCUT2D eigenvalue weighted by Gasteiger charge is 2.11. The highest BCUT2D eigenvalue weighted by Crippen LogP contribution is 2.19. The number of nitrogens with one attached hydrogen (secondary N) is 3. The van der Waals surface area contributed by atoms with E-state index >= 15 is 0 Å². The average Bonchev–Trinajstić information content (AvgIpc) is 3.30. The Morgan fingerprint density at radius 2 is 1.27 bits per heavy atom. The minimum atomic E-state index is 0.741. The molecule has 1 aromatic carbocycles. The molecule has 4 rings (SSSR count). The summed E-state index contributed by atoms with van der Waals surface area (Å²) in [5.41, 5.74) is 7.00. The van der Waals surface area contributed by atoms with E-state index in [4.69, 9.17) is 0 Å². The number of H-pyrrole nitrogens is 1. The zero-order valence-electron chi connectivity index (χ0n) is 16.9. The maximum Gasteiger partial charge on any atom is 0.0923 e. The van der Waals surface area contributed by atoms with Gasteiger partial charge in [0.2, 0.25) is 0 Å². The second-order valence-electron chi connectivity index (χ2n) is 7.14. The molecule has 0 amide bonds. The van der Waals surface area contributed by atoms with E-state index in [-0.39, 0.29) is 0 Å². The minimum Gasteiger partial charge on any atom is -0.351 e. The lowest BCUT2D eigenvalue weighted by Gasteiger charge is -2.16. The average molecular weight is 399 g/mol. The first kappa shape index (κ1) is 19.9. The van der Waals surface area contributed by atoms with Crippen molar-refractivity contribution in [3.05, 3.63) is 113 Å². The SMILES string of the molecule is c1ccc(CNCc2cccc(CNCc3ccccn3)c2Cc2c[nH]cn2)nc1. The van der Waals surface area contributed by atoms with Crippen LogP contribution in [0, 0.1) is 0 Å². The summed E-state index contributed by atoms with van der Waals surface area (Å²) in [6.45, 7) is 3.05. The molecule has 4 aromatic rings. The van der Waals surface area contributed by atoms with Crippen LogP contribution in [0.5, 0.6) is 0 Å². The second-order valence-corrected chi connectivity index (χ2v) is 7.14. The van der Waals surface area contributed by atoms with Gasteiger partial charge in [0.15, 0.2) is 0 Å². The molecule has 6 heteroatoms. The molecule has 0 aliphatic rings. The van der Waals surface area contributed by atoms with E-state index < -0.39 is 0 Å². The van der Waals surface area contributed by atoms with Gasteiger partial charge in [-0.3, -0.25) is 9.97 Å². The molecular formula is C24H26N6. The third-order valence-electron chi connectivity index (χ3n) is 4.98. The van der Waals surface area contributed by atoms with Crippen LogP contribution >= 0.6 is 0 Å². The van der Waals surface area contributed by atoms with Gasteiger partial charge in [-0.2, -0.15) is 0 Å². The van der Waals surface area contributed by atoms with Gasteiger partial charge < -0.3 is 15.6 Å². The molecule has 0 atom stereocenters. The highest BCUT2D eigenvalue weighted by atomic mass is 14.9. The number of aromatic nitrogens is 4. The highest BCUT2D eigenvalue weighted by molar-refractivity contribution is 5.38. The second kappa shape index (κ2) is 10.4. The summed E-state index contributed by atoms with van der Waals surface area (Å²) in [6, 6.07) is 18.5. The van der Waals surface area contributed by atoms with Crippen molar-refractivity contribution in [2.75, 3.05) is 0 Å². The fraction of sp³-hybridized carbons (Fsp3) is 0.208. The molecule has 0 unspecified atom stereocenters. The number of aromatic amines is 1. The number of hydrogen-bond donors (Lipinski definition) is 3.